The quantitative estimate of drug-likeness (QED) is 0.738. The van der Waals surface area contributed by atoms with Crippen LogP contribution < -0.4 is 15.8 Å². The lowest BCUT2D eigenvalue weighted by Crippen LogP contribution is -2.53. The Morgan fingerprint density at radius 2 is 1.86 bits per heavy atom. The molecule has 1 aliphatic rings. The molecule has 144 valence electrons. The number of hydrogen-bond acceptors (Lipinski definition) is 5. The largest absolute Gasteiger partial charge is 0.336 e. The van der Waals surface area contributed by atoms with Gasteiger partial charge >= 0.3 is 0 Å². The summed E-state index contributed by atoms with van der Waals surface area (Å²) in [6, 6.07) is 13.5. The minimum atomic E-state index is -0.0782. The van der Waals surface area contributed by atoms with E-state index < -0.39 is 0 Å². The van der Waals surface area contributed by atoms with Gasteiger partial charge in [0.1, 0.15) is 0 Å². The van der Waals surface area contributed by atoms with E-state index in [-0.39, 0.29) is 17.6 Å². The van der Waals surface area contributed by atoms with Crippen LogP contribution in [-0.4, -0.2) is 33.7 Å². The number of aromatic nitrogens is 3. The number of halogens is 1. The fourth-order valence-electron chi connectivity index (χ4n) is 3.52. The first-order chi connectivity index (χ1) is 13.5. The van der Waals surface area contributed by atoms with E-state index >= 15 is 0 Å². The van der Waals surface area contributed by atoms with Crippen LogP contribution in [0, 0.1) is 0 Å². The number of nitrogens with zero attached hydrogens (tertiary/aromatic N) is 4. The van der Waals surface area contributed by atoms with Crippen molar-refractivity contribution in [1.82, 2.24) is 19.9 Å². The number of benzene rings is 1. The van der Waals surface area contributed by atoms with Crippen molar-refractivity contribution in [3.8, 4) is 11.3 Å². The maximum absolute atomic E-state index is 12.6. The van der Waals surface area contributed by atoms with Crippen molar-refractivity contribution in [2.24, 2.45) is 7.05 Å². The molecule has 4 rings (SSSR count). The van der Waals surface area contributed by atoms with Crippen LogP contribution in [0.15, 0.2) is 59.7 Å². The van der Waals surface area contributed by atoms with Crippen LogP contribution in [-0.2, 0) is 7.05 Å². The van der Waals surface area contributed by atoms with Gasteiger partial charge in [-0.05, 0) is 36.8 Å². The summed E-state index contributed by atoms with van der Waals surface area (Å²) in [4.78, 5) is 23.7. The number of pyridine rings is 1. The van der Waals surface area contributed by atoms with Crippen LogP contribution in [0.1, 0.15) is 18.5 Å². The van der Waals surface area contributed by atoms with Crippen molar-refractivity contribution in [2.75, 3.05) is 18.0 Å². The van der Waals surface area contributed by atoms with Crippen LogP contribution in [0.2, 0.25) is 5.02 Å². The number of rotatable bonds is 3. The van der Waals surface area contributed by atoms with E-state index in [2.05, 4.69) is 22.1 Å². The van der Waals surface area contributed by atoms with Crippen molar-refractivity contribution in [1.29, 1.82) is 0 Å². The molecule has 1 N–H and O–H groups in total. The molecule has 7 heteroatoms. The fourth-order valence-corrected chi connectivity index (χ4v) is 3.64. The van der Waals surface area contributed by atoms with Gasteiger partial charge in [-0.2, -0.15) is 0 Å². The maximum atomic E-state index is 12.6. The number of nitrogens with one attached hydrogen (secondary N) is 1. The minimum Gasteiger partial charge on any atom is -0.336 e. The molecule has 1 aliphatic heterocycles. The molecule has 2 atom stereocenters. The average molecular weight is 396 g/mol. The minimum absolute atomic E-state index is 0.0782. The molecule has 3 aromatic rings. The van der Waals surface area contributed by atoms with Gasteiger partial charge in [0.05, 0.1) is 5.69 Å². The van der Waals surface area contributed by atoms with E-state index in [9.17, 15) is 4.79 Å². The molecular weight excluding hydrogens is 374 g/mol. The van der Waals surface area contributed by atoms with E-state index in [0.717, 1.165) is 22.7 Å². The van der Waals surface area contributed by atoms with Gasteiger partial charge in [0.2, 0.25) is 5.95 Å². The van der Waals surface area contributed by atoms with Gasteiger partial charge in [0, 0.05) is 61.3 Å². The Balaban J connectivity index is 1.71. The lowest BCUT2D eigenvalue weighted by molar-refractivity contribution is 0.405. The second-order valence-electron chi connectivity index (χ2n) is 7.09. The van der Waals surface area contributed by atoms with Gasteiger partial charge in [0.15, 0.2) is 0 Å². The maximum Gasteiger partial charge on any atom is 0.255 e. The Labute approximate surface area is 168 Å². The highest BCUT2D eigenvalue weighted by molar-refractivity contribution is 6.30. The van der Waals surface area contributed by atoms with Crippen molar-refractivity contribution in [3.63, 3.8) is 0 Å². The summed E-state index contributed by atoms with van der Waals surface area (Å²) in [6.07, 6.45) is 3.41. The molecule has 2 aromatic heterocycles. The Morgan fingerprint density at radius 3 is 2.57 bits per heavy atom. The van der Waals surface area contributed by atoms with E-state index in [0.29, 0.717) is 18.2 Å². The molecule has 1 aromatic carbocycles. The van der Waals surface area contributed by atoms with Crippen LogP contribution >= 0.6 is 11.6 Å². The first-order valence-electron chi connectivity index (χ1n) is 9.27. The van der Waals surface area contributed by atoms with E-state index in [4.69, 9.17) is 16.6 Å². The predicted molar refractivity (Wildman–Crippen MR) is 112 cm³/mol. The topological polar surface area (TPSA) is 63.0 Å². The van der Waals surface area contributed by atoms with Crippen LogP contribution in [0.5, 0.6) is 0 Å². The molecule has 1 fully saturated rings. The fraction of sp³-hybridized carbons (Fsp3) is 0.286. The highest BCUT2D eigenvalue weighted by atomic mass is 35.5. The van der Waals surface area contributed by atoms with Crippen molar-refractivity contribution in [3.05, 3.63) is 75.8 Å². The van der Waals surface area contributed by atoms with Crippen molar-refractivity contribution >= 4 is 17.5 Å². The van der Waals surface area contributed by atoms with Crippen molar-refractivity contribution in [2.45, 2.75) is 19.0 Å². The summed E-state index contributed by atoms with van der Waals surface area (Å²) >= 11 is 6.03. The second kappa shape index (κ2) is 7.73. The molecule has 0 spiro atoms. The molecule has 6 nitrogen and oxygen atoms in total. The van der Waals surface area contributed by atoms with Gasteiger partial charge in [-0.15, -0.1) is 0 Å². The smallest absolute Gasteiger partial charge is 0.255 e. The van der Waals surface area contributed by atoms with E-state index in [1.54, 1.807) is 30.1 Å². The van der Waals surface area contributed by atoms with Crippen LogP contribution in [0.3, 0.4) is 0 Å². The monoisotopic (exact) mass is 395 g/mol. The average Bonchev–Trinajstić information content (AvgIpc) is 2.72. The predicted octanol–water partition coefficient (Wildman–Crippen LogP) is 3.04. The normalized spacial score (nSPS) is 19.6. The van der Waals surface area contributed by atoms with Gasteiger partial charge in [0.25, 0.3) is 5.56 Å². The van der Waals surface area contributed by atoms with Crippen molar-refractivity contribution < 1.29 is 0 Å². The molecule has 1 unspecified atom stereocenters. The van der Waals surface area contributed by atoms with E-state index in [1.165, 1.54) is 0 Å². The van der Waals surface area contributed by atoms with Gasteiger partial charge in [-0.1, -0.05) is 23.7 Å². The molecule has 0 bridgehead atoms. The lowest BCUT2D eigenvalue weighted by Gasteiger charge is -2.40. The summed E-state index contributed by atoms with van der Waals surface area (Å²) < 4.78 is 1.62. The zero-order valence-corrected chi connectivity index (χ0v) is 16.6. The third kappa shape index (κ3) is 3.66. The Kier molecular flexibility index (Phi) is 5.15. The molecule has 0 radical (unpaired) electrons. The van der Waals surface area contributed by atoms with Crippen LogP contribution in [0.25, 0.3) is 11.3 Å². The Morgan fingerprint density at radius 1 is 1.14 bits per heavy atom. The molecule has 1 saturated heterocycles. The molecule has 3 heterocycles. The first-order valence-corrected chi connectivity index (χ1v) is 9.64. The lowest BCUT2D eigenvalue weighted by atomic mass is 10.0. The zero-order valence-electron chi connectivity index (χ0n) is 15.8. The standard InChI is InChI=1S/C21H22ClN5O/c1-14-12-24-19(15-3-5-17(22)6-4-15)13-27(14)21-25-18(11-20(28)26(21)2)16-7-9-23-10-8-16/h3-11,14,19,24H,12-13H2,1-2H3/t14-,19?/m0/s1. The SMILES string of the molecule is C[C@H]1CNC(c2ccc(Cl)cc2)CN1c1nc(-c2ccncc2)cc(=O)n1C. The number of hydrogen-bond donors (Lipinski definition) is 1. The summed E-state index contributed by atoms with van der Waals surface area (Å²) in [5.41, 5.74) is 2.63. The molecule has 28 heavy (non-hydrogen) atoms. The number of piperazine rings is 1. The summed E-state index contributed by atoms with van der Waals surface area (Å²) in [6.45, 7) is 3.64. The summed E-state index contributed by atoms with van der Waals surface area (Å²) in [5, 5.41) is 4.30. The zero-order chi connectivity index (χ0) is 19.7. The number of anilines is 1. The summed E-state index contributed by atoms with van der Waals surface area (Å²) in [7, 11) is 1.77. The third-order valence-electron chi connectivity index (χ3n) is 5.19. The summed E-state index contributed by atoms with van der Waals surface area (Å²) in [5.74, 6) is 0.673. The molecule has 0 amide bonds. The Hall–Kier alpha value is -2.70. The highest BCUT2D eigenvalue weighted by Gasteiger charge is 2.29. The van der Waals surface area contributed by atoms with Crippen LogP contribution in [0.4, 0.5) is 5.95 Å². The highest BCUT2D eigenvalue weighted by Crippen LogP contribution is 2.26. The first kappa shape index (κ1) is 18.7. The molecule has 0 saturated carbocycles. The van der Waals surface area contributed by atoms with E-state index in [1.807, 2.05) is 36.4 Å². The Bertz CT molecular complexity index is 1020. The molecule has 0 aliphatic carbocycles. The molecular formula is C21H22ClN5O. The van der Waals surface area contributed by atoms with Gasteiger partial charge in [-0.25, -0.2) is 4.98 Å². The van der Waals surface area contributed by atoms with Gasteiger partial charge in [-0.3, -0.25) is 14.3 Å². The van der Waals surface area contributed by atoms with Gasteiger partial charge < -0.3 is 10.2 Å². The third-order valence-corrected chi connectivity index (χ3v) is 5.44. The second-order valence-corrected chi connectivity index (χ2v) is 7.52.